The topological polar surface area (TPSA) is 134 Å². The number of hydrogen-bond acceptors (Lipinski definition) is 7. The number of aryl methyl sites for hydroxylation is 2. The number of carbonyl (C=O) groups excluding carboxylic acids is 4. The van der Waals surface area contributed by atoms with Crippen LogP contribution in [0.5, 0.6) is 5.75 Å². The lowest BCUT2D eigenvalue weighted by atomic mass is 9.93. The summed E-state index contributed by atoms with van der Waals surface area (Å²) in [5.74, 6) is -1.59. The summed E-state index contributed by atoms with van der Waals surface area (Å²) in [4.78, 5) is 54.3. The quantitative estimate of drug-likeness (QED) is 0.328. The number of rotatable bonds is 12. The van der Waals surface area contributed by atoms with Gasteiger partial charge in [0, 0.05) is 13.0 Å². The van der Waals surface area contributed by atoms with Gasteiger partial charge in [-0.1, -0.05) is 43.7 Å². The zero-order valence-corrected chi connectivity index (χ0v) is 25.1. The first-order valence-electron chi connectivity index (χ1n) is 13.8. The SMILES string of the molecule is CCCCN(C(=O)C(Cc1ccc(O)cc1)NC(=O)OC(C)(C)C)C(C(=O)NCC(=O)OC)c1c(C)cccc1C. The Kier molecular flexibility index (Phi) is 12.2. The molecule has 0 saturated heterocycles. The number of methoxy groups -OCH3 is 1. The highest BCUT2D eigenvalue weighted by Gasteiger charge is 2.37. The van der Waals surface area contributed by atoms with Gasteiger partial charge in [-0.05, 0) is 75.4 Å². The van der Waals surface area contributed by atoms with Crippen LogP contribution in [0.15, 0.2) is 42.5 Å². The Labute approximate surface area is 242 Å². The Hall–Kier alpha value is -4.08. The fraction of sp³-hybridized carbons (Fsp3) is 0.484. The molecule has 0 aliphatic rings. The van der Waals surface area contributed by atoms with Crippen molar-refractivity contribution in [2.24, 2.45) is 0 Å². The molecule has 2 rings (SSSR count). The Morgan fingerprint density at radius 2 is 1.61 bits per heavy atom. The van der Waals surface area contributed by atoms with Gasteiger partial charge < -0.3 is 30.1 Å². The third-order valence-electron chi connectivity index (χ3n) is 6.41. The van der Waals surface area contributed by atoms with Crippen molar-refractivity contribution in [3.8, 4) is 5.75 Å². The minimum atomic E-state index is -1.09. The number of hydrogen-bond donors (Lipinski definition) is 3. The average Bonchev–Trinajstić information content (AvgIpc) is 2.90. The van der Waals surface area contributed by atoms with E-state index in [0.29, 0.717) is 17.5 Å². The molecule has 2 atom stereocenters. The monoisotopic (exact) mass is 569 g/mol. The number of ether oxygens (including phenoxy) is 2. The number of phenols is 1. The first kappa shape index (κ1) is 33.1. The van der Waals surface area contributed by atoms with E-state index in [1.54, 1.807) is 32.9 Å². The number of esters is 1. The molecule has 10 heteroatoms. The van der Waals surface area contributed by atoms with E-state index >= 15 is 0 Å². The van der Waals surface area contributed by atoms with Crippen LogP contribution in [0.1, 0.15) is 68.8 Å². The summed E-state index contributed by atoms with van der Waals surface area (Å²) in [7, 11) is 1.23. The molecule has 0 aliphatic heterocycles. The molecule has 224 valence electrons. The van der Waals surface area contributed by atoms with Crippen molar-refractivity contribution in [2.75, 3.05) is 20.2 Å². The standard InChI is InChI=1S/C31H43N3O7/c1-8-9-17-34(27(28(37)32-19-25(36)40-7)26-20(2)11-10-12-21(26)3)29(38)24(33-30(39)41-31(4,5)6)18-22-13-15-23(35)16-14-22/h10-16,24,27,35H,8-9,17-19H2,1-7H3,(H,32,37)(H,33,39). The van der Waals surface area contributed by atoms with Crippen LogP contribution in [-0.2, 0) is 30.3 Å². The highest BCUT2D eigenvalue weighted by Crippen LogP contribution is 2.29. The van der Waals surface area contributed by atoms with Crippen LogP contribution in [0.3, 0.4) is 0 Å². The molecule has 2 aromatic rings. The second-order valence-corrected chi connectivity index (χ2v) is 11.0. The number of carbonyl (C=O) groups is 4. The fourth-order valence-corrected chi connectivity index (χ4v) is 4.43. The Bertz CT molecular complexity index is 1180. The van der Waals surface area contributed by atoms with Gasteiger partial charge >= 0.3 is 12.1 Å². The number of nitrogens with one attached hydrogen (secondary N) is 2. The maximum absolute atomic E-state index is 14.4. The summed E-state index contributed by atoms with van der Waals surface area (Å²) in [5.41, 5.74) is 2.12. The molecule has 2 unspecified atom stereocenters. The van der Waals surface area contributed by atoms with E-state index in [2.05, 4.69) is 15.4 Å². The van der Waals surface area contributed by atoms with Crippen LogP contribution in [-0.4, -0.2) is 65.7 Å². The van der Waals surface area contributed by atoms with Gasteiger partial charge in [0.25, 0.3) is 0 Å². The Morgan fingerprint density at radius 3 is 2.15 bits per heavy atom. The van der Waals surface area contributed by atoms with E-state index in [9.17, 15) is 24.3 Å². The zero-order chi connectivity index (χ0) is 30.7. The van der Waals surface area contributed by atoms with Crippen LogP contribution in [0, 0.1) is 13.8 Å². The highest BCUT2D eigenvalue weighted by atomic mass is 16.6. The van der Waals surface area contributed by atoms with Crippen molar-refractivity contribution in [2.45, 2.75) is 78.5 Å². The predicted molar refractivity (Wildman–Crippen MR) is 155 cm³/mol. The maximum Gasteiger partial charge on any atom is 0.408 e. The molecular formula is C31H43N3O7. The van der Waals surface area contributed by atoms with E-state index in [-0.39, 0.29) is 25.3 Å². The zero-order valence-electron chi connectivity index (χ0n) is 25.1. The van der Waals surface area contributed by atoms with E-state index in [1.165, 1.54) is 24.1 Å². The van der Waals surface area contributed by atoms with Crippen LogP contribution >= 0.6 is 0 Å². The highest BCUT2D eigenvalue weighted by molar-refractivity contribution is 5.93. The fourth-order valence-electron chi connectivity index (χ4n) is 4.43. The van der Waals surface area contributed by atoms with Gasteiger partial charge in [0.05, 0.1) is 7.11 Å². The van der Waals surface area contributed by atoms with Gasteiger partial charge in [0.2, 0.25) is 11.8 Å². The summed E-state index contributed by atoms with van der Waals surface area (Å²) in [6.45, 7) is 10.7. The van der Waals surface area contributed by atoms with E-state index < -0.39 is 41.6 Å². The van der Waals surface area contributed by atoms with Gasteiger partial charge in [0.1, 0.15) is 30.0 Å². The number of amides is 3. The lowest BCUT2D eigenvalue weighted by molar-refractivity contribution is -0.144. The lowest BCUT2D eigenvalue weighted by Crippen LogP contribution is -2.54. The van der Waals surface area contributed by atoms with Gasteiger partial charge in [0.15, 0.2) is 0 Å². The number of unbranched alkanes of at least 4 members (excludes halogenated alkanes) is 1. The van der Waals surface area contributed by atoms with Crippen molar-refractivity contribution >= 4 is 23.9 Å². The van der Waals surface area contributed by atoms with Crippen molar-refractivity contribution in [3.05, 3.63) is 64.7 Å². The van der Waals surface area contributed by atoms with E-state index in [4.69, 9.17) is 4.74 Å². The summed E-state index contributed by atoms with van der Waals surface area (Å²) in [6, 6.07) is 9.74. The molecule has 0 spiro atoms. The molecule has 0 aliphatic carbocycles. The smallest absolute Gasteiger partial charge is 0.408 e. The molecular weight excluding hydrogens is 526 g/mol. The molecule has 0 aromatic heterocycles. The second-order valence-electron chi connectivity index (χ2n) is 11.0. The normalized spacial score (nSPS) is 12.6. The lowest BCUT2D eigenvalue weighted by Gasteiger charge is -2.35. The van der Waals surface area contributed by atoms with Crippen LogP contribution in [0.4, 0.5) is 4.79 Å². The first-order valence-corrected chi connectivity index (χ1v) is 13.8. The van der Waals surface area contributed by atoms with Gasteiger partial charge in [-0.15, -0.1) is 0 Å². The van der Waals surface area contributed by atoms with Crippen molar-refractivity contribution in [1.82, 2.24) is 15.5 Å². The minimum Gasteiger partial charge on any atom is -0.508 e. The molecule has 0 fully saturated rings. The molecule has 0 radical (unpaired) electrons. The number of aromatic hydroxyl groups is 1. The number of alkyl carbamates (subject to hydrolysis) is 1. The third kappa shape index (κ3) is 10.1. The molecule has 3 N–H and O–H groups in total. The largest absolute Gasteiger partial charge is 0.508 e. The maximum atomic E-state index is 14.4. The second kappa shape index (κ2) is 15.1. The third-order valence-corrected chi connectivity index (χ3v) is 6.41. The summed E-state index contributed by atoms with van der Waals surface area (Å²) in [6.07, 6.45) is 0.652. The van der Waals surface area contributed by atoms with Crippen molar-refractivity contribution < 1.29 is 33.8 Å². The summed E-state index contributed by atoms with van der Waals surface area (Å²) >= 11 is 0. The first-order chi connectivity index (χ1) is 19.3. The van der Waals surface area contributed by atoms with Crippen molar-refractivity contribution in [1.29, 1.82) is 0 Å². The van der Waals surface area contributed by atoms with Gasteiger partial charge in [-0.25, -0.2) is 4.79 Å². The number of phenolic OH excluding ortho intramolecular Hbond substituents is 1. The van der Waals surface area contributed by atoms with Gasteiger partial charge in [-0.3, -0.25) is 14.4 Å². The molecule has 3 amide bonds. The van der Waals surface area contributed by atoms with Crippen LogP contribution in [0.2, 0.25) is 0 Å². The Morgan fingerprint density at radius 1 is 1.00 bits per heavy atom. The number of nitrogens with zero attached hydrogens (tertiary/aromatic N) is 1. The number of benzene rings is 2. The molecule has 10 nitrogen and oxygen atoms in total. The molecule has 0 saturated carbocycles. The van der Waals surface area contributed by atoms with Crippen molar-refractivity contribution in [3.63, 3.8) is 0 Å². The summed E-state index contributed by atoms with van der Waals surface area (Å²) in [5, 5.41) is 15.1. The average molecular weight is 570 g/mol. The van der Waals surface area contributed by atoms with E-state index in [1.807, 2.05) is 39.0 Å². The van der Waals surface area contributed by atoms with Crippen LogP contribution in [0.25, 0.3) is 0 Å². The molecule has 0 heterocycles. The summed E-state index contributed by atoms with van der Waals surface area (Å²) < 4.78 is 10.1. The Balaban J connectivity index is 2.61. The molecule has 41 heavy (non-hydrogen) atoms. The van der Waals surface area contributed by atoms with Crippen LogP contribution < -0.4 is 10.6 Å². The molecule has 2 aromatic carbocycles. The predicted octanol–water partition coefficient (Wildman–Crippen LogP) is 4.10. The van der Waals surface area contributed by atoms with Gasteiger partial charge in [-0.2, -0.15) is 0 Å². The minimum absolute atomic E-state index is 0.0682. The van der Waals surface area contributed by atoms with E-state index in [0.717, 1.165) is 17.5 Å². The molecule has 0 bridgehead atoms.